The first kappa shape index (κ1) is 18.1. The van der Waals surface area contributed by atoms with Gasteiger partial charge < -0.3 is 15.0 Å². The second-order valence-corrected chi connectivity index (χ2v) is 6.27. The largest absolute Gasteiger partial charge is 0.374 e. The average molecular weight is 360 g/mol. The van der Waals surface area contributed by atoms with E-state index in [9.17, 15) is 9.59 Å². The number of morpholine rings is 1. The molecule has 0 saturated carbocycles. The van der Waals surface area contributed by atoms with Gasteiger partial charge in [0, 0.05) is 38.4 Å². The van der Waals surface area contributed by atoms with E-state index in [1.165, 1.54) is 4.68 Å². The summed E-state index contributed by atoms with van der Waals surface area (Å²) in [5, 5.41) is 13.7. The van der Waals surface area contributed by atoms with E-state index in [0.717, 1.165) is 17.8 Å². The number of ether oxygens (including phenoxy) is 1. The van der Waals surface area contributed by atoms with E-state index >= 15 is 0 Å². The molecule has 2 aromatic rings. The van der Waals surface area contributed by atoms with Gasteiger partial charge in [0.25, 0.3) is 11.5 Å². The molecule has 9 nitrogen and oxygen atoms in total. The maximum absolute atomic E-state index is 12.2. The SMILES string of the molecule is CCc1[nH]ncc1C(=O)NCC[C@@H]1CN(c2cnn(C)c(=O)c2)CCO1. The van der Waals surface area contributed by atoms with Crippen molar-refractivity contribution in [2.24, 2.45) is 7.05 Å². The molecule has 0 bridgehead atoms. The molecule has 1 aliphatic heterocycles. The average Bonchev–Trinajstić information content (AvgIpc) is 3.13. The third-order valence-electron chi connectivity index (χ3n) is 4.53. The Balaban J connectivity index is 1.51. The fraction of sp³-hybridized carbons (Fsp3) is 0.529. The van der Waals surface area contributed by atoms with Crippen molar-refractivity contribution in [1.29, 1.82) is 0 Å². The van der Waals surface area contributed by atoms with E-state index in [1.807, 2.05) is 6.92 Å². The minimum absolute atomic E-state index is 0.0110. The Kier molecular flexibility index (Phi) is 5.67. The molecule has 3 heterocycles. The Hall–Kier alpha value is -2.68. The molecule has 0 radical (unpaired) electrons. The molecule has 1 amide bonds. The molecule has 0 aliphatic carbocycles. The number of nitrogens with zero attached hydrogens (tertiary/aromatic N) is 4. The van der Waals surface area contributed by atoms with Crippen molar-refractivity contribution in [2.45, 2.75) is 25.9 Å². The Morgan fingerprint density at radius 1 is 1.46 bits per heavy atom. The highest BCUT2D eigenvalue weighted by molar-refractivity contribution is 5.95. The minimum atomic E-state index is -0.135. The maximum atomic E-state index is 12.2. The van der Waals surface area contributed by atoms with Crippen LogP contribution in [0.3, 0.4) is 0 Å². The molecule has 1 saturated heterocycles. The summed E-state index contributed by atoms with van der Waals surface area (Å²) in [6, 6.07) is 1.59. The van der Waals surface area contributed by atoms with Crippen molar-refractivity contribution in [1.82, 2.24) is 25.3 Å². The molecular weight excluding hydrogens is 336 g/mol. The molecule has 0 aromatic carbocycles. The molecule has 3 rings (SSSR count). The lowest BCUT2D eigenvalue weighted by molar-refractivity contribution is 0.0353. The van der Waals surface area contributed by atoms with Gasteiger partial charge in [0.15, 0.2) is 0 Å². The topological polar surface area (TPSA) is 105 Å². The van der Waals surface area contributed by atoms with Crippen LogP contribution in [0, 0.1) is 0 Å². The number of carbonyl (C=O) groups excluding carboxylic acids is 1. The number of carbonyl (C=O) groups is 1. The van der Waals surface area contributed by atoms with Crippen LogP contribution in [-0.2, 0) is 18.2 Å². The van der Waals surface area contributed by atoms with Crippen molar-refractivity contribution in [3.05, 3.63) is 40.1 Å². The number of H-pyrrole nitrogens is 1. The standard InChI is InChI=1S/C17H24N6O3/c1-3-15-14(10-19-21-15)17(25)18-5-4-13-11-23(6-7-26-13)12-8-16(24)22(2)20-9-12/h8-10,13H,3-7,11H2,1-2H3,(H,18,25)(H,19,21)/t13-/m1/s1. The zero-order valence-electron chi connectivity index (χ0n) is 15.1. The summed E-state index contributed by atoms with van der Waals surface area (Å²) >= 11 is 0. The molecule has 1 aliphatic rings. The summed E-state index contributed by atoms with van der Waals surface area (Å²) in [5.41, 5.74) is 2.09. The molecule has 0 unspecified atom stereocenters. The summed E-state index contributed by atoms with van der Waals surface area (Å²) in [6.07, 6.45) is 4.66. The van der Waals surface area contributed by atoms with Gasteiger partial charge in [0.2, 0.25) is 0 Å². The number of hydrogen-bond acceptors (Lipinski definition) is 6. The van der Waals surface area contributed by atoms with E-state index in [4.69, 9.17) is 4.74 Å². The van der Waals surface area contributed by atoms with Crippen LogP contribution in [0.5, 0.6) is 0 Å². The Morgan fingerprint density at radius 2 is 2.31 bits per heavy atom. The Morgan fingerprint density at radius 3 is 3.08 bits per heavy atom. The van der Waals surface area contributed by atoms with Crippen molar-refractivity contribution < 1.29 is 9.53 Å². The van der Waals surface area contributed by atoms with Crippen molar-refractivity contribution in [2.75, 3.05) is 31.1 Å². The van der Waals surface area contributed by atoms with Crippen LogP contribution < -0.4 is 15.8 Å². The van der Waals surface area contributed by atoms with Crippen molar-refractivity contribution >= 4 is 11.6 Å². The number of amides is 1. The second-order valence-electron chi connectivity index (χ2n) is 6.27. The Bertz CT molecular complexity index is 815. The van der Waals surface area contributed by atoms with Gasteiger partial charge in [-0.25, -0.2) is 4.68 Å². The van der Waals surface area contributed by atoms with Gasteiger partial charge in [-0.05, 0) is 12.8 Å². The zero-order chi connectivity index (χ0) is 18.5. The third kappa shape index (κ3) is 4.10. The normalized spacial score (nSPS) is 17.3. The van der Waals surface area contributed by atoms with E-state index in [0.29, 0.717) is 38.2 Å². The van der Waals surface area contributed by atoms with Gasteiger partial charge in [0.1, 0.15) is 0 Å². The van der Waals surface area contributed by atoms with Crippen LogP contribution in [0.4, 0.5) is 5.69 Å². The molecule has 140 valence electrons. The van der Waals surface area contributed by atoms with Gasteiger partial charge in [-0.2, -0.15) is 10.2 Å². The number of aryl methyl sites for hydroxylation is 2. The van der Waals surface area contributed by atoms with Crippen LogP contribution in [0.15, 0.2) is 23.3 Å². The first-order valence-electron chi connectivity index (χ1n) is 8.78. The molecule has 1 fully saturated rings. The maximum Gasteiger partial charge on any atom is 0.268 e. The van der Waals surface area contributed by atoms with E-state index in [1.54, 1.807) is 25.5 Å². The highest BCUT2D eigenvalue weighted by atomic mass is 16.5. The van der Waals surface area contributed by atoms with Gasteiger partial charge in [-0.1, -0.05) is 6.92 Å². The van der Waals surface area contributed by atoms with Gasteiger partial charge in [0.05, 0.1) is 36.4 Å². The number of hydrogen-bond donors (Lipinski definition) is 2. The summed E-state index contributed by atoms with van der Waals surface area (Å²) in [4.78, 5) is 26.1. The minimum Gasteiger partial charge on any atom is -0.374 e. The first-order chi connectivity index (χ1) is 12.6. The quantitative estimate of drug-likeness (QED) is 0.756. The monoisotopic (exact) mass is 360 g/mol. The lowest BCUT2D eigenvalue weighted by Crippen LogP contribution is -2.44. The van der Waals surface area contributed by atoms with E-state index in [2.05, 4.69) is 25.5 Å². The lowest BCUT2D eigenvalue weighted by Gasteiger charge is -2.34. The highest BCUT2D eigenvalue weighted by Crippen LogP contribution is 2.16. The fourth-order valence-corrected chi connectivity index (χ4v) is 2.98. The van der Waals surface area contributed by atoms with E-state index in [-0.39, 0.29) is 17.6 Å². The lowest BCUT2D eigenvalue weighted by atomic mass is 10.1. The zero-order valence-corrected chi connectivity index (χ0v) is 15.1. The van der Waals surface area contributed by atoms with Crippen LogP contribution in [0.1, 0.15) is 29.4 Å². The molecule has 1 atom stereocenters. The molecule has 9 heteroatoms. The van der Waals surface area contributed by atoms with Crippen molar-refractivity contribution in [3.63, 3.8) is 0 Å². The van der Waals surface area contributed by atoms with Crippen molar-refractivity contribution in [3.8, 4) is 0 Å². The number of rotatable bonds is 6. The second kappa shape index (κ2) is 8.13. The van der Waals surface area contributed by atoms with Crippen LogP contribution >= 0.6 is 0 Å². The molecular formula is C17H24N6O3. The van der Waals surface area contributed by atoms with Crippen LogP contribution in [0.2, 0.25) is 0 Å². The summed E-state index contributed by atoms with van der Waals surface area (Å²) < 4.78 is 7.09. The number of aromatic amines is 1. The number of aromatic nitrogens is 4. The highest BCUT2D eigenvalue weighted by Gasteiger charge is 2.22. The van der Waals surface area contributed by atoms with Gasteiger partial charge >= 0.3 is 0 Å². The third-order valence-corrected chi connectivity index (χ3v) is 4.53. The van der Waals surface area contributed by atoms with Crippen LogP contribution in [0.25, 0.3) is 0 Å². The summed E-state index contributed by atoms with van der Waals surface area (Å²) in [6.45, 7) is 4.44. The molecule has 0 spiro atoms. The summed E-state index contributed by atoms with van der Waals surface area (Å²) in [5.74, 6) is -0.126. The van der Waals surface area contributed by atoms with Gasteiger partial charge in [-0.3, -0.25) is 14.7 Å². The Labute approximate surface area is 151 Å². The fourth-order valence-electron chi connectivity index (χ4n) is 2.98. The molecule has 2 aromatic heterocycles. The first-order valence-corrected chi connectivity index (χ1v) is 8.78. The molecule has 2 N–H and O–H groups in total. The predicted octanol–water partition coefficient (Wildman–Crippen LogP) is 0.0911. The smallest absolute Gasteiger partial charge is 0.268 e. The number of anilines is 1. The molecule has 26 heavy (non-hydrogen) atoms. The van der Waals surface area contributed by atoms with E-state index < -0.39 is 0 Å². The summed E-state index contributed by atoms with van der Waals surface area (Å²) in [7, 11) is 1.63. The van der Waals surface area contributed by atoms with Gasteiger partial charge in [-0.15, -0.1) is 0 Å². The number of nitrogens with one attached hydrogen (secondary N) is 2. The van der Waals surface area contributed by atoms with Crippen LogP contribution in [-0.4, -0.2) is 58.2 Å². The predicted molar refractivity (Wildman–Crippen MR) is 96.3 cm³/mol.